The number of hydrogen-bond acceptors (Lipinski definition) is 2. The predicted molar refractivity (Wildman–Crippen MR) is 55.8 cm³/mol. The quantitative estimate of drug-likeness (QED) is 0.469. The lowest BCUT2D eigenvalue weighted by atomic mass is 10.2. The maximum Gasteiger partial charge on any atom is 0.283 e. The zero-order valence-electron chi connectivity index (χ0n) is 6.51. The van der Waals surface area contributed by atoms with Crippen LogP contribution in [0.5, 0.6) is 0 Å². The molecule has 1 rings (SSSR count). The first-order valence-electron chi connectivity index (χ1n) is 3.35. The maximum absolute atomic E-state index is 12.4. The molecule has 0 saturated heterocycles. The normalized spacial score (nSPS) is 10.6. The third kappa shape index (κ3) is 2.11. The van der Waals surface area contributed by atoms with Crippen LogP contribution in [0.3, 0.4) is 0 Å². The number of nitrogens with zero attached hydrogens (tertiary/aromatic N) is 1. The van der Waals surface area contributed by atoms with Gasteiger partial charge in [0, 0.05) is 6.07 Å². The van der Waals surface area contributed by atoms with E-state index in [9.17, 15) is 18.9 Å². The van der Waals surface area contributed by atoms with E-state index in [0.717, 1.165) is 12.1 Å². The van der Waals surface area contributed by atoms with Gasteiger partial charge in [0.15, 0.2) is 0 Å². The van der Waals surface area contributed by atoms with Gasteiger partial charge in [0.2, 0.25) is 0 Å². The van der Waals surface area contributed by atoms with Gasteiger partial charge in [0.1, 0.15) is 3.57 Å². The molecule has 0 aromatic heterocycles. The number of halogens is 4. The van der Waals surface area contributed by atoms with E-state index in [1.807, 2.05) is 0 Å². The summed E-state index contributed by atoms with van der Waals surface area (Å²) in [7, 11) is 0. The van der Waals surface area contributed by atoms with Crippen LogP contribution in [0.1, 0.15) is 12.0 Å². The highest BCUT2D eigenvalue weighted by molar-refractivity contribution is 14.1. The summed E-state index contributed by atoms with van der Waals surface area (Å²) in [6.45, 7) is 0. The molecule has 14 heavy (non-hydrogen) atoms. The SMILES string of the molecule is O=[N+]([O-])c1ccc(Cl)c(C(F)F)c1I. The second kappa shape index (κ2) is 4.35. The zero-order valence-corrected chi connectivity index (χ0v) is 9.42. The average molecular weight is 333 g/mol. The molecule has 0 saturated carbocycles. The van der Waals surface area contributed by atoms with Gasteiger partial charge in [-0.25, -0.2) is 8.78 Å². The van der Waals surface area contributed by atoms with Crippen molar-refractivity contribution < 1.29 is 13.7 Å². The van der Waals surface area contributed by atoms with Crippen molar-refractivity contribution in [1.82, 2.24) is 0 Å². The molecule has 0 aliphatic heterocycles. The van der Waals surface area contributed by atoms with E-state index in [0.29, 0.717) is 0 Å². The Kier molecular flexibility index (Phi) is 3.59. The summed E-state index contributed by atoms with van der Waals surface area (Å²) >= 11 is 6.98. The van der Waals surface area contributed by atoms with Crippen molar-refractivity contribution in [2.24, 2.45) is 0 Å². The molecular weight excluding hydrogens is 330 g/mol. The highest BCUT2D eigenvalue weighted by Crippen LogP contribution is 2.36. The molecule has 0 unspecified atom stereocenters. The fourth-order valence-electron chi connectivity index (χ4n) is 0.899. The van der Waals surface area contributed by atoms with Crippen LogP contribution in [-0.4, -0.2) is 4.92 Å². The van der Waals surface area contributed by atoms with Gasteiger partial charge < -0.3 is 0 Å². The zero-order chi connectivity index (χ0) is 10.9. The Bertz CT molecular complexity index is 386. The van der Waals surface area contributed by atoms with Crippen LogP contribution < -0.4 is 0 Å². The fourth-order valence-corrected chi connectivity index (χ4v) is 2.20. The van der Waals surface area contributed by atoms with Crippen molar-refractivity contribution in [3.8, 4) is 0 Å². The lowest BCUT2D eigenvalue weighted by Gasteiger charge is -2.05. The Morgan fingerprint density at radius 1 is 1.50 bits per heavy atom. The number of rotatable bonds is 2. The van der Waals surface area contributed by atoms with Gasteiger partial charge in [-0.05, 0) is 28.7 Å². The van der Waals surface area contributed by atoms with E-state index < -0.39 is 16.9 Å². The van der Waals surface area contributed by atoms with Crippen LogP contribution in [-0.2, 0) is 0 Å². The summed E-state index contributed by atoms with van der Waals surface area (Å²) in [5, 5.41) is 10.3. The van der Waals surface area contributed by atoms with Gasteiger partial charge in [-0.2, -0.15) is 0 Å². The van der Waals surface area contributed by atoms with Gasteiger partial charge in [-0.15, -0.1) is 0 Å². The lowest BCUT2D eigenvalue weighted by Crippen LogP contribution is -1.97. The van der Waals surface area contributed by atoms with E-state index in [1.54, 1.807) is 0 Å². The Morgan fingerprint density at radius 2 is 2.07 bits per heavy atom. The smallest absolute Gasteiger partial charge is 0.258 e. The predicted octanol–water partition coefficient (Wildman–Crippen LogP) is 3.79. The van der Waals surface area contributed by atoms with Crippen LogP contribution >= 0.6 is 34.2 Å². The maximum atomic E-state index is 12.4. The van der Waals surface area contributed by atoms with Crippen molar-refractivity contribution in [2.45, 2.75) is 6.43 Å². The van der Waals surface area contributed by atoms with E-state index >= 15 is 0 Å². The van der Waals surface area contributed by atoms with Gasteiger partial charge in [0.25, 0.3) is 12.1 Å². The van der Waals surface area contributed by atoms with Gasteiger partial charge >= 0.3 is 0 Å². The summed E-state index contributed by atoms with van der Waals surface area (Å²) < 4.78 is 24.7. The number of hydrogen-bond donors (Lipinski definition) is 0. The van der Waals surface area contributed by atoms with Crippen LogP contribution in [0.2, 0.25) is 5.02 Å². The second-order valence-electron chi connectivity index (χ2n) is 2.35. The molecule has 0 radical (unpaired) electrons. The summed E-state index contributed by atoms with van der Waals surface area (Å²) in [6.07, 6.45) is -2.81. The molecule has 0 spiro atoms. The molecule has 0 fully saturated rings. The highest BCUT2D eigenvalue weighted by atomic mass is 127. The third-order valence-corrected chi connectivity index (χ3v) is 2.98. The van der Waals surface area contributed by atoms with Gasteiger partial charge in [0.05, 0.1) is 15.5 Å². The van der Waals surface area contributed by atoms with Crippen molar-refractivity contribution in [3.63, 3.8) is 0 Å². The first kappa shape index (κ1) is 11.6. The van der Waals surface area contributed by atoms with Crippen LogP contribution in [0.15, 0.2) is 12.1 Å². The van der Waals surface area contributed by atoms with E-state index in [2.05, 4.69) is 0 Å². The topological polar surface area (TPSA) is 43.1 Å². The lowest BCUT2D eigenvalue weighted by molar-refractivity contribution is -0.385. The number of benzene rings is 1. The van der Waals surface area contributed by atoms with E-state index in [1.165, 1.54) is 22.6 Å². The summed E-state index contributed by atoms with van der Waals surface area (Å²) in [5.74, 6) is 0. The van der Waals surface area contributed by atoms with Gasteiger partial charge in [-0.1, -0.05) is 11.6 Å². The largest absolute Gasteiger partial charge is 0.283 e. The summed E-state index contributed by atoms with van der Waals surface area (Å²) in [4.78, 5) is 9.70. The molecule has 0 bridgehead atoms. The minimum absolute atomic E-state index is 0.116. The Balaban J connectivity index is 3.41. The standard InChI is InChI=1S/C7H3ClF2INO2/c8-3-1-2-4(12(13)14)6(11)5(3)7(9)10/h1-2,7H. The second-order valence-corrected chi connectivity index (χ2v) is 3.84. The molecule has 0 heterocycles. The fraction of sp³-hybridized carbons (Fsp3) is 0.143. The Labute approximate surface area is 96.3 Å². The number of alkyl halides is 2. The molecule has 1 aromatic carbocycles. The van der Waals surface area contributed by atoms with Crippen molar-refractivity contribution >= 4 is 39.9 Å². The Hall–Kier alpha value is -0.500. The van der Waals surface area contributed by atoms with Crippen LogP contribution in [0.25, 0.3) is 0 Å². The van der Waals surface area contributed by atoms with E-state index in [-0.39, 0.29) is 14.3 Å². The molecule has 7 heteroatoms. The van der Waals surface area contributed by atoms with Crippen LogP contribution in [0.4, 0.5) is 14.5 Å². The molecule has 0 N–H and O–H groups in total. The van der Waals surface area contributed by atoms with Crippen LogP contribution in [0, 0.1) is 13.7 Å². The molecule has 0 amide bonds. The van der Waals surface area contributed by atoms with Crippen molar-refractivity contribution in [3.05, 3.63) is 36.4 Å². The number of nitro groups is 1. The van der Waals surface area contributed by atoms with Gasteiger partial charge in [-0.3, -0.25) is 10.1 Å². The minimum Gasteiger partial charge on any atom is -0.258 e. The monoisotopic (exact) mass is 333 g/mol. The first-order chi connectivity index (χ1) is 6.45. The molecular formula is C7H3ClF2INO2. The molecule has 76 valence electrons. The number of nitro benzene ring substituents is 1. The summed E-state index contributed by atoms with van der Waals surface area (Å²) in [5.41, 5.74) is -0.841. The molecule has 0 atom stereocenters. The summed E-state index contributed by atoms with van der Waals surface area (Å²) in [6, 6.07) is 2.21. The molecule has 0 aliphatic carbocycles. The van der Waals surface area contributed by atoms with E-state index in [4.69, 9.17) is 11.6 Å². The Morgan fingerprint density at radius 3 is 2.50 bits per heavy atom. The highest BCUT2D eigenvalue weighted by Gasteiger charge is 2.23. The first-order valence-corrected chi connectivity index (χ1v) is 4.81. The third-order valence-electron chi connectivity index (χ3n) is 1.52. The van der Waals surface area contributed by atoms with Crippen molar-refractivity contribution in [2.75, 3.05) is 0 Å². The molecule has 3 nitrogen and oxygen atoms in total. The minimum atomic E-state index is -2.81. The molecule has 1 aromatic rings. The average Bonchev–Trinajstić information content (AvgIpc) is 2.02. The molecule has 0 aliphatic rings. The van der Waals surface area contributed by atoms with Crippen molar-refractivity contribution in [1.29, 1.82) is 0 Å².